The summed E-state index contributed by atoms with van der Waals surface area (Å²) in [5, 5.41) is 12.0. The summed E-state index contributed by atoms with van der Waals surface area (Å²) >= 11 is 0. The second-order valence-electron chi connectivity index (χ2n) is 14.5. The van der Waals surface area contributed by atoms with E-state index < -0.39 is 0 Å². The predicted octanol–water partition coefficient (Wildman–Crippen LogP) is 7.20. The van der Waals surface area contributed by atoms with Crippen LogP contribution in [0.25, 0.3) is 0 Å². The lowest BCUT2D eigenvalue weighted by Crippen LogP contribution is -2.68. The average molecular weight is 441 g/mol. The number of Topliss-reactive ketones (excluding diaryl/α,β-unsaturated/α-hetero) is 1. The molecule has 2 heteroatoms. The van der Waals surface area contributed by atoms with E-state index in [0.717, 1.165) is 31.1 Å². The van der Waals surface area contributed by atoms with Crippen LogP contribution in [0, 0.1) is 56.7 Å². The Morgan fingerprint density at radius 3 is 2.31 bits per heavy atom. The molecule has 0 heterocycles. The molecular weight excluding hydrogens is 392 g/mol. The number of carbonyl (C=O) groups excluding carboxylic acids is 1. The number of ketones is 1. The summed E-state index contributed by atoms with van der Waals surface area (Å²) in [5.74, 6) is 3.30. The SMILES string of the molecule is CC1CCC2(C)CCC3(C)C(=CCC4C5(C)CCC(=O)C(C)(C)C5CC(O)C43C)C2C1C. The van der Waals surface area contributed by atoms with Gasteiger partial charge in [0.25, 0.3) is 0 Å². The van der Waals surface area contributed by atoms with Gasteiger partial charge in [-0.05, 0) is 90.8 Å². The first-order chi connectivity index (χ1) is 14.7. The van der Waals surface area contributed by atoms with E-state index in [-0.39, 0.29) is 33.7 Å². The Morgan fingerprint density at radius 1 is 0.938 bits per heavy atom. The first kappa shape index (κ1) is 23.1. The Kier molecular flexibility index (Phi) is 4.87. The monoisotopic (exact) mass is 440 g/mol. The van der Waals surface area contributed by atoms with Crippen molar-refractivity contribution in [3.05, 3.63) is 11.6 Å². The van der Waals surface area contributed by atoms with E-state index in [0.29, 0.717) is 29.5 Å². The summed E-state index contributed by atoms with van der Waals surface area (Å²) in [6, 6.07) is 0. The zero-order chi connectivity index (χ0) is 23.5. The van der Waals surface area contributed by atoms with Gasteiger partial charge in [-0.15, -0.1) is 0 Å². The minimum Gasteiger partial charge on any atom is -0.393 e. The van der Waals surface area contributed by atoms with Crippen LogP contribution in [0.4, 0.5) is 0 Å². The molecule has 0 aromatic carbocycles. The van der Waals surface area contributed by atoms with E-state index in [9.17, 15) is 9.90 Å². The molecule has 0 bridgehead atoms. The van der Waals surface area contributed by atoms with Gasteiger partial charge in [-0.1, -0.05) is 67.0 Å². The lowest BCUT2D eigenvalue weighted by atomic mass is 9.33. The number of aliphatic hydroxyl groups is 1. The maximum Gasteiger partial charge on any atom is 0.138 e. The number of fused-ring (bicyclic) bond motifs is 7. The highest BCUT2D eigenvalue weighted by Crippen LogP contribution is 2.75. The molecule has 2 nitrogen and oxygen atoms in total. The van der Waals surface area contributed by atoms with Gasteiger partial charge in [-0.2, -0.15) is 0 Å². The van der Waals surface area contributed by atoms with Crippen LogP contribution in [0.15, 0.2) is 11.6 Å². The highest BCUT2D eigenvalue weighted by Gasteiger charge is 2.70. The smallest absolute Gasteiger partial charge is 0.138 e. The van der Waals surface area contributed by atoms with Crippen molar-refractivity contribution in [2.45, 2.75) is 113 Å². The van der Waals surface area contributed by atoms with E-state index in [2.05, 4.69) is 61.5 Å². The molecule has 4 saturated carbocycles. The van der Waals surface area contributed by atoms with E-state index in [1.807, 2.05) is 0 Å². The van der Waals surface area contributed by atoms with E-state index in [4.69, 9.17) is 0 Å². The van der Waals surface area contributed by atoms with Crippen LogP contribution in [-0.4, -0.2) is 17.0 Å². The van der Waals surface area contributed by atoms with Gasteiger partial charge in [0.2, 0.25) is 0 Å². The summed E-state index contributed by atoms with van der Waals surface area (Å²) in [5.41, 5.74) is 1.88. The number of aliphatic hydroxyl groups excluding tert-OH is 1. The zero-order valence-corrected chi connectivity index (χ0v) is 22.1. The summed E-state index contributed by atoms with van der Waals surface area (Å²) < 4.78 is 0. The largest absolute Gasteiger partial charge is 0.393 e. The summed E-state index contributed by atoms with van der Waals surface area (Å²) in [6.07, 6.45) is 11.2. The molecule has 0 aromatic heterocycles. The molecule has 0 aliphatic heterocycles. The molecule has 5 aliphatic carbocycles. The fraction of sp³-hybridized carbons (Fsp3) is 0.900. The molecule has 0 aromatic rings. The maximum atomic E-state index is 12.9. The molecule has 10 unspecified atom stereocenters. The van der Waals surface area contributed by atoms with Crippen molar-refractivity contribution in [3.8, 4) is 0 Å². The molecule has 4 fully saturated rings. The minimum absolute atomic E-state index is 0.0599. The van der Waals surface area contributed by atoms with E-state index >= 15 is 0 Å². The number of carbonyl (C=O) groups is 1. The van der Waals surface area contributed by atoms with Crippen molar-refractivity contribution >= 4 is 5.78 Å². The molecular formula is C30H48O2. The first-order valence-electron chi connectivity index (χ1n) is 13.7. The molecule has 0 saturated heterocycles. The van der Waals surface area contributed by atoms with Crippen molar-refractivity contribution in [1.82, 2.24) is 0 Å². The summed E-state index contributed by atoms with van der Waals surface area (Å²) in [7, 11) is 0. The predicted molar refractivity (Wildman–Crippen MR) is 131 cm³/mol. The second kappa shape index (κ2) is 6.73. The van der Waals surface area contributed by atoms with Gasteiger partial charge in [0, 0.05) is 17.3 Å². The van der Waals surface area contributed by atoms with Crippen molar-refractivity contribution in [2.75, 3.05) is 0 Å². The highest BCUT2D eigenvalue weighted by molar-refractivity contribution is 5.85. The number of hydrogen-bond acceptors (Lipinski definition) is 2. The highest BCUT2D eigenvalue weighted by atomic mass is 16.3. The van der Waals surface area contributed by atoms with Gasteiger partial charge in [-0.3, -0.25) is 4.79 Å². The van der Waals surface area contributed by atoms with Crippen LogP contribution in [0.3, 0.4) is 0 Å². The van der Waals surface area contributed by atoms with Gasteiger partial charge in [-0.25, -0.2) is 0 Å². The number of allylic oxidation sites excluding steroid dienone is 2. The van der Waals surface area contributed by atoms with Crippen LogP contribution in [0.5, 0.6) is 0 Å². The zero-order valence-electron chi connectivity index (χ0n) is 22.1. The Hall–Kier alpha value is -0.630. The molecule has 0 amide bonds. The van der Waals surface area contributed by atoms with Gasteiger partial charge in [0.15, 0.2) is 0 Å². The molecule has 180 valence electrons. The van der Waals surface area contributed by atoms with Crippen molar-refractivity contribution in [2.24, 2.45) is 56.7 Å². The minimum atomic E-state index is -0.329. The Balaban J connectivity index is 1.63. The second-order valence-corrected chi connectivity index (χ2v) is 14.5. The molecule has 0 spiro atoms. The lowest BCUT2D eigenvalue weighted by molar-refractivity contribution is -0.227. The number of hydrogen-bond donors (Lipinski definition) is 1. The normalized spacial score (nSPS) is 56.9. The van der Waals surface area contributed by atoms with Crippen molar-refractivity contribution in [3.63, 3.8) is 0 Å². The van der Waals surface area contributed by atoms with Gasteiger partial charge in [0.1, 0.15) is 5.78 Å². The Morgan fingerprint density at radius 2 is 1.62 bits per heavy atom. The molecule has 0 radical (unpaired) electrons. The quantitative estimate of drug-likeness (QED) is 0.404. The van der Waals surface area contributed by atoms with E-state index in [1.54, 1.807) is 5.57 Å². The van der Waals surface area contributed by atoms with Gasteiger partial charge < -0.3 is 5.11 Å². The van der Waals surface area contributed by atoms with Gasteiger partial charge in [0.05, 0.1) is 6.10 Å². The van der Waals surface area contributed by atoms with Crippen LogP contribution in [0.2, 0.25) is 0 Å². The number of rotatable bonds is 0. The third-order valence-electron chi connectivity index (χ3n) is 13.2. The average Bonchev–Trinajstić information content (AvgIpc) is 2.72. The molecule has 5 aliphatic rings. The summed E-state index contributed by atoms with van der Waals surface area (Å²) in [4.78, 5) is 12.9. The third-order valence-corrected chi connectivity index (χ3v) is 13.2. The van der Waals surface area contributed by atoms with E-state index in [1.165, 1.54) is 25.7 Å². The fourth-order valence-corrected chi connectivity index (χ4v) is 10.6. The van der Waals surface area contributed by atoms with Crippen LogP contribution in [0.1, 0.15) is 107 Å². The maximum absolute atomic E-state index is 12.9. The van der Waals surface area contributed by atoms with Crippen LogP contribution < -0.4 is 0 Å². The van der Waals surface area contributed by atoms with Gasteiger partial charge >= 0.3 is 0 Å². The molecule has 5 rings (SSSR count). The van der Waals surface area contributed by atoms with Crippen molar-refractivity contribution in [1.29, 1.82) is 0 Å². The molecule has 32 heavy (non-hydrogen) atoms. The Labute approximate surface area is 197 Å². The third kappa shape index (κ3) is 2.55. The lowest BCUT2D eigenvalue weighted by Gasteiger charge is -2.72. The first-order valence-corrected chi connectivity index (χ1v) is 13.7. The summed E-state index contributed by atoms with van der Waals surface area (Å²) in [6.45, 7) is 19.3. The fourth-order valence-electron chi connectivity index (χ4n) is 10.6. The standard InChI is InChI=1S/C30H48O2/c1-18-11-13-27(5)15-16-29(7)20(25(27)19(18)2)9-10-21-28(6)14-12-23(31)26(3,4)22(28)17-24(32)30(21,29)8/h9,18-19,21-22,24-25,32H,10-17H2,1-8H3. The topological polar surface area (TPSA) is 37.3 Å². The molecule has 1 N–H and O–H groups in total. The molecule has 10 atom stereocenters. The van der Waals surface area contributed by atoms with Crippen LogP contribution in [-0.2, 0) is 4.79 Å². The Bertz CT molecular complexity index is 855. The van der Waals surface area contributed by atoms with Crippen molar-refractivity contribution < 1.29 is 9.90 Å². The van der Waals surface area contributed by atoms with Crippen LogP contribution >= 0.6 is 0 Å².